The summed E-state index contributed by atoms with van der Waals surface area (Å²) in [5.41, 5.74) is 0. The van der Waals surface area contributed by atoms with Crippen LogP contribution in [0.25, 0.3) is 0 Å². The van der Waals surface area contributed by atoms with Crippen LogP contribution < -0.4 is 5.32 Å². The Labute approximate surface area is 109 Å². The fourth-order valence-corrected chi connectivity index (χ4v) is 4.27. The fourth-order valence-electron chi connectivity index (χ4n) is 2.61. The van der Waals surface area contributed by atoms with Crippen molar-refractivity contribution in [3.8, 4) is 0 Å². The van der Waals surface area contributed by atoms with Crippen LogP contribution in [0.3, 0.4) is 0 Å². The minimum Gasteiger partial charge on any atom is -0.480 e. The van der Waals surface area contributed by atoms with E-state index in [4.69, 9.17) is 0 Å². The van der Waals surface area contributed by atoms with Gasteiger partial charge in [0.1, 0.15) is 17.7 Å². The van der Waals surface area contributed by atoms with Crippen molar-refractivity contribution in [1.82, 2.24) is 10.2 Å². The van der Waals surface area contributed by atoms with Gasteiger partial charge in [-0.05, 0) is 20.3 Å². The molecule has 7 heteroatoms. The topological polar surface area (TPSA) is 86.7 Å². The Hall–Kier alpha value is -1.24. The lowest BCUT2D eigenvalue weighted by molar-refractivity contribution is -0.142. The molecule has 0 saturated carbocycles. The van der Waals surface area contributed by atoms with Gasteiger partial charge in [-0.3, -0.25) is 4.90 Å². The molecule has 0 aliphatic carbocycles. The lowest BCUT2D eigenvalue weighted by atomic mass is 10.0. The molecule has 2 amide bonds. The molecule has 2 fully saturated rings. The molecule has 0 aromatic heterocycles. The highest BCUT2D eigenvalue weighted by molar-refractivity contribution is 8.01. The third-order valence-corrected chi connectivity index (χ3v) is 4.98. The molecule has 0 spiro atoms. The highest BCUT2D eigenvalue weighted by Gasteiger charge is 2.58. The fraction of sp³-hybridized carbons (Fsp3) is 0.727. The zero-order valence-corrected chi connectivity index (χ0v) is 11.1. The van der Waals surface area contributed by atoms with E-state index in [0.29, 0.717) is 12.8 Å². The number of fused-ring (bicyclic) bond motifs is 1. The summed E-state index contributed by atoms with van der Waals surface area (Å²) in [7, 11) is 0. The number of carbonyl (C=O) groups excluding carboxylic acids is 2. The van der Waals surface area contributed by atoms with E-state index in [1.807, 2.05) is 13.8 Å². The summed E-state index contributed by atoms with van der Waals surface area (Å²) in [6, 6.07) is -1.33. The molecule has 2 heterocycles. The summed E-state index contributed by atoms with van der Waals surface area (Å²) < 4.78 is -0.520. The summed E-state index contributed by atoms with van der Waals surface area (Å²) in [5, 5.41) is 11.8. The smallest absolute Gasteiger partial charge is 0.327 e. The Morgan fingerprint density at radius 1 is 1.61 bits per heavy atom. The number of carbonyl (C=O) groups is 3. The molecule has 0 bridgehead atoms. The number of thioether (sulfide) groups is 1. The lowest BCUT2D eigenvalue weighted by Crippen LogP contribution is -2.49. The summed E-state index contributed by atoms with van der Waals surface area (Å²) in [6.45, 7) is 3.66. The third kappa shape index (κ3) is 1.96. The molecule has 18 heavy (non-hydrogen) atoms. The second-order valence-corrected chi connectivity index (χ2v) is 6.83. The quantitative estimate of drug-likeness (QED) is 0.734. The van der Waals surface area contributed by atoms with E-state index >= 15 is 0 Å². The predicted octanol–water partition coefficient (Wildman–Crippen LogP) is 0.664. The van der Waals surface area contributed by atoms with Crippen LogP contribution in [0.15, 0.2) is 0 Å². The van der Waals surface area contributed by atoms with Gasteiger partial charge in [0.15, 0.2) is 0 Å². The highest BCUT2D eigenvalue weighted by Crippen LogP contribution is 2.48. The highest BCUT2D eigenvalue weighted by atomic mass is 32.2. The second kappa shape index (κ2) is 4.46. The number of nitrogens with zero attached hydrogens (tertiary/aromatic N) is 1. The lowest BCUT2D eigenvalue weighted by Gasteiger charge is -2.26. The van der Waals surface area contributed by atoms with E-state index in [9.17, 15) is 19.5 Å². The van der Waals surface area contributed by atoms with E-state index in [-0.39, 0.29) is 17.4 Å². The molecule has 0 unspecified atom stereocenters. The zero-order chi connectivity index (χ0) is 13.5. The van der Waals surface area contributed by atoms with Crippen LogP contribution in [-0.2, 0) is 9.59 Å². The number of carboxylic acid groups (broad SMARTS) is 1. The van der Waals surface area contributed by atoms with E-state index in [1.165, 1.54) is 16.7 Å². The minimum atomic E-state index is -0.985. The molecule has 6 nitrogen and oxygen atoms in total. The van der Waals surface area contributed by atoms with Crippen LogP contribution in [0.4, 0.5) is 4.79 Å². The van der Waals surface area contributed by atoms with Gasteiger partial charge in [-0.25, -0.2) is 9.59 Å². The van der Waals surface area contributed by atoms with Crippen molar-refractivity contribution in [3.63, 3.8) is 0 Å². The van der Waals surface area contributed by atoms with Crippen molar-refractivity contribution in [3.05, 3.63) is 0 Å². The van der Waals surface area contributed by atoms with Gasteiger partial charge in [-0.2, -0.15) is 0 Å². The normalized spacial score (nSPS) is 33.1. The minimum absolute atomic E-state index is 0.156. The van der Waals surface area contributed by atoms with E-state index < -0.39 is 16.8 Å². The Morgan fingerprint density at radius 2 is 2.28 bits per heavy atom. The molecule has 2 aliphatic heterocycles. The molecule has 2 N–H and O–H groups in total. The van der Waals surface area contributed by atoms with Gasteiger partial charge >= 0.3 is 12.0 Å². The SMILES string of the molecule is CC1(C)S[C@@H]2[C@@H](CCC=O)NC(=O)N2[C@H]1C(=O)O. The summed E-state index contributed by atoms with van der Waals surface area (Å²) in [5.74, 6) is -0.985. The average Bonchev–Trinajstić information content (AvgIpc) is 2.69. The standard InChI is InChI=1S/C11H16N2O4S/c1-11(2)7(9(15)16)13-8(18-11)6(4-3-5-14)12-10(13)17/h5-8H,3-4H2,1-2H3,(H,12,17)(H,15,16)/t6-,7+,8-/m1/s1. The maximum atomic E-state index is 11.9. The monoisotopic (exact) mass is 272 g/mol. The van der Waals surface area contributed by atoms with E-state index in [0.717, 1.165) is 6.29 Å². The van der Waals surface area contributed by atoms with Gasteiger partial charge in [-0.1, -0.05) is 0 Å². The molecule has 2 aliphatic rings. The molecule has 3 atom stereocenters. The van der Waals surface area contributed by atoms with Crippen molar-refractivity contribution in [2.75, 3.05) is 0 Å². The first-order valence-electron chi connectivity index (χ1n) is 5.81. The Morgan fingerprint density at radius 3 is 2.83 bits per heavy atom. The molecule has 100 valence electrons. The van der Waals surface area contributed by atoms with Gasteiger partial charge in [0.25, 0.3) is 0 Å². The molecule has 0 aromatic rings. The Balaban J connectivity index is 2.23. The second-order valence-electron chi connectivity index (χ2n) is 5.06. The Bertz CT molecular complexity index is 399. The first kappa shape index (κ1) is 13.2. The van der Waals surface area contributed by atoms with Crippen LogP contribution in [0.5, 0.6) is 0 Å². The maximum absolute atomic E-state index is 11.9. The van der Waals surface area contributed by atoms with Crippen LogP contribution >= 0.6 is 11.8 Å². The molecular formula is C11H16N2O4S. The third-order valence-electron chi connectivity index (χ3n) is 3.35. The zero-order valence-electron chi connectivity index (χ0n) is 10.3. The number of aldehydes is 1. The van der Waals surface area contributed by atoms with Crippen LogP contribution in [-0.4, -0.2) is 50.5 Å². The Kier molecular flexibility index (Phi) is 3.27. The first-order chi connectivity index (χ1) is 8.38. The molecule has 0 radical (unpaired) electrons. The number of aliphatic carboxylic acids is 1. The number of urea groups is 1. The van der Waals surface area contributed by atoms with Gasteiger partial charge in [0.05, 0.1) is 6.04 Å². The summed E-state index contributed by atoms with van der Waals surface area (Å²) in [6.07, 6.45) is 1.73. The predicted molar refractivity (Wildman–Crippen MR) is 66.3 cm³/mol. The van der Waals surface area contributed by atoms with Crippen LogP contribution in [0.1, 0.15) is 26.7 Å². The van der Waals surface area contributed by atoms with E-state index in [2.05, 4.69) is 5.32 Å². The number of hydrogen-bond donors (Lipinski definition) is 2. The van der Waals surface area contributed by atoms with Gasteiger partial charge < -0.3 is 15.2 Å². The number of hydrogen-bond acceptors (Lipinski definition) is 4. The van der Waals surface area contributed by atoms with Gasteiger partial charge in [0, 0.05) is 11.2 Å². The van der Waals surface area contributed by atoms with Crippen LogP contribution in [0, 0.1) is 0 Å². The first-order valence-corrected chi connectivity index (χ1v) is 6.69. The molecule has 2 rings (SSSR count). The number of rotatable bonds is 4. The van der Waals surface area contributed by atoms with Crippen LogP contribution in [0.2, 0.25) is 0 Å². The van der Waals surface area contributed by atoms with Gasteiger partial charge in [0.2, 0.25) is 0 Å². The van der Waals surface area contributed by atoms with Crippen molar-refractivity contribution >= 4 is 30.0 Å². The van der Waals surface area contributed by atoms with Crippen molar-refractivity contribution in [2.45, 2.75) is 48.9 Å². The number of nitrogens with one attached hydrogen (secondary N) is 1. The van der Waals surface area contributed by atoms with Crippen molar-refractivity contribution in [1.29, 1.82) is 0 Å². The number of amides is 2. The molecule has 2 saturated heterocycles. The molecule has 0 aromatic carbocycles. The summed E-state index contributed by atoms with van der Waals surface area (Å²) >= 11 is 1.48. The van der Waals surface area contributed by atoms with Crippen molar-refractivity contribution in [2.24, 2.45) is 0 Å². The largest absolute Gasteiger partial charge is 0.480 e. The molecular weight excluding hydrogens is 256 g/mol. The maximum Gasteiger partial charge on any atom is 0.327 e. The number of carboxylic acids is 1. The van der Waals surface area contributed by atoms with E-state index in [1.54, 1.807) is 0 Å². The van der Waals surface area contributed by atoms with Gasteiger partial charge in [-0.15, -0.1) is 11.8 Å². The van der Waals surface area contributed by atoms with Crippen molar-refractivity contribution < 1.29 is 19.5 Å². The summed E-state index contributed by atoms with van der Waals surface area (Å²) in [4.78, 5) is 35.0. The average molecular weight is 272 g/mol.